The lowest BCUT2D eigenvalue weighted by Gasteiger charge is -2.13. The summed E-state index contributed by atoms with van der Waals surface area (Å²) in [5.74, 6) is 0.188. The number of amides is 2. The highest BCUT2D eigenvalue weighted by Gasteiger charge is 2.35. The van der Waals surface area contributed by atoms with Crippen LogP contribution in [0.5, 0.6) is 0 Å². The molecule has 8 heteroatoms. The van der Waals surface area contributed by atoms with Crippen LogP contribution in [0.1, 0.15) is 11.3 Å². The third-order valence-electron chi connectivity index (χ3n) is 4.23. The second-order valence-electron chi connectivity index (χ2n) is 6.22. The zero-order chi connectivity index (χ0) is 20.5. The first-order valence-corrected chi connectivity index (χ1v) is 10.4. The van der Waals surface area contributed by atoms with E-state index in [9.17, 15) is 14.0 Å². The Kier molecular flexibility index (Phi) is 5.63. The van der Waals surface area contributed by atoms with Gasteiger partial charge < -0.3 is 4.42 Å². The Balaban J connectivity index is 1.55. The van der Waals surface area contributed by atoms with Crippen LogP contribution < -0.4 is 0 Å². The van der Waals surface area contributed by atoms with Gasteiger partial charge in [-0.05, 0) is 53.7 Å². The van der Waals surface area contributed by atoms with Crippen molar-refractivity contribution >= 4 is 56.5 Å². The summed E-state index contributed by atoms with van der Waals surface area (Å²) in [6.07, 6.45) is 1.54. The van der Waals surface area contributed by atoms with Gasteiger partial charge in [0.25, 0.3) is 11.1 Å². The predicted octanol–water partition coefficient (Wildman–Crippen LogP) is 6.74. The van der Waals surface area contributed by atoms with Gasteiger partial charge in [0.1, 0.15) is 17.3 Å². The number of carbonyl (C=O) groups excluding carboxylic acids is 2. The molecule has 0 saturated carbocycles. The highest BCUT2D eigenvalue weighted by atomic mass is 79.9. The van der Waals surface area contributed by atoms with Crippen LogP contribution in [0.2, 0.25) is 5.02 Å². The molecule has 0 atom stereocenters. The zero-order valence-electron chi connectivity index (χ0n) is 14.7. The summed E-state index contributed by atoms with van der Waals surface area (Å²) in [4.78, 5) is 26.3. The van der Waals surface area contributed by atoms with Gasteiger partial charge >= 0.3 is 0 Å². The molecule has 0 spiro atoms. The average molecular weight is 493 g/mol. The van der Waals surface area contributed by atoms with E-state index in [1.165, 1.54) is 12.1 Å². The number of carbonyl (C=O) groups is 2. The largest absolute Gasteiger partial charge is 0.457 e. The fraction of sp³-hybridized carbons (Fsp3) is 0.0476. The van der Waals surface area contributed by atoms with Gasteiger partial charge in [-0.3, -0.25) is 14.5 Å². The van der Waals surface area contributed by atoms with Gasteiger partial charge in [0.05, 0.1) is 11.4 Å². The average Bonchev–Trinajstić information content (AvgIpc) is 3.24. The molecule has 2 aromatic carbocycles. The molecule has 1 aliphatic heterocycles. The van der Waals surface area contributed by atoms with Crippen molar-refractivity contribution in [1.82, 2.24) is 4.90 Å². The predicted molar refractivity (Wildman–Crippen MR) is 115 cm³/mol. The van der Waals surface area contributed by atoms with Crippen molar-refractivity contribution < 1.29 is 18.4 Å². The van der Waals surface area contributed by atoms with Gasteiger partial charge in [-0.25, -0.2) is 4.39 Å². The van der Waals surface area contributed by atoms with Crippen LogP contribution in [0.4, 0.5) is 9.18 Å². The molecule has 146 valence electrons. The normalized spacial score (nSPS) is 15.6. The Morgan fingerprint density at radius 2 is 1.97 bits per heavy atom. The molecular weight excluding hydrogens is 481 g/mol. The van der Waals surface area contributed by atoms with Crippen LogP contribution in [0.3, 0.4) is 0 Å². The van der Waals surface area contributed by atoms with Crippen LogP contribution in [-0.4, -0.2) is 16.0 Å². The first-order valence-electron chi connectivity index (χ1n) is 8.46. The molecule has 2 heterocycles. The lowest BCUT2D eigenvalue weighted by Crippen LogP contribution is -2.27. The van der Waals surface area contributed by atoms with Crippen LogP contribution >= 0.6 is 39.3 Å². The van der Waals surface area contributed by atoms with E-state index < -0.39 is 17.0 Å². The summed E-state index contributed by atoms with van der Waals surface area (Å²) < 4.78 is 19.9. The van der Waals surface area contributed by atoms with Crippen molar-refractivity contribution in [2.45, 2.75) is 6.54 Å². The fourth-order valence-electron chi connectivity index (χ4n) is 2.81. The standard InChI is InChI=1S/C21H12BrClFNO3S/c22-14-3-1-2-12(8-14)18-7-6-16(28-18)10-19-20(26)25(21(27)29-19)11-13-4-5-15(24)9-17(13)23/h1-10H,11H2/b19-10-. The molecule has 0 unspecified atom stereocenters. The summed E-state index contributed by atoms with van der Waals surface area (Å²) in [5, 5.41) is -0.252. The van der Waals surface area contributed by atoms with Crippen LogP contribution in [0.25, 0.3) is 17.4 Å². The van der Waals surface area contributed by atoms with Crippen molar-refractivity contribution in [2.75, 3.05) is 0 Å². The number of thioether (sulfide) groups is 1. The molecule has 29 heavy (non-hydrogen) atoms. The van der Waals surface area contributed by atoms with Gasteiger partial charge in [0, 0.05) is 21.1 Å². The van der Waals surface area contributed by atoms with Crippen molar-refractivity contribution in [3.8, 4) is 11.3 Å². The van der Waals surface area contributed by atoms with Crippen molar-refractivity contribution in [1.29, 1.82) is 0 Å². The second kappa shape index (κ2) is 8.18. The van der Waals surface area contributed by atoms with E-state index in [1.54, 1.807) is 18.2 Å². The molecule has 1 aliphatic rings. The van der Waals surface area contributed by atoms with Crippen LogP contribution in [-0.2, 0) is 11.3 Å². The molecule has 0 N–H and O–H groups in total. The maximum atomic E-state index is 13.2. The summed E-state index contributed by atoms with van der Waals surface area (Å²) in [6.45, 7) is -0.0252. The van der Waals surface area contributed by atoms with Crippen molar-refractivity contribution in [3.05, 3.63) is 86.1 Å². The van der Waals surface area contributed by atoms with E-state index in [2.05, 4.69) is 15.9 Å². The van der Waals surface area contributed by atoms with Crippen molar-refractivity contribution in [3.63, 3.8) is 0 Å². The molecule has 3 aromatic rings. The number of benzene rings is 2. The lowest BCUT2D eigenvalue weighted by molar-refractivity contribution is -0.123. The second-order valence-corrected chi connectivity index (χ2v) is 8.53. The number of halogens is 3. The quantitative estimate of drug-likeness (QED) is 0.379. The molecule has 1 saturated heterocycles. The molecule has 1 fully saturated rings. The van der Waals surface area contributed by atoms with Crippen LogP contribution in [0, 0.1) is 5.82 Å². The van der Waals surface area contributed by atoms with Gasteiger partial charge in [-0.1, -0.05) is 45.7 Å². The molecule has 0 aliphatic carbocycles. The minimum atomic E-state index is -0.480. The number of hydrogen-bond acceptors (Lipinski definition) is 4. The third kappa shape index (κ3) is 4.32. The first-order chi connectivity index (χ1) is 13.9. The number of nitrogens with zero attached hydrogens (tertiary/aromatic N) is 1. The van der Waals surface area contributed by atoms with Gasteiger partial charge in [0.2, 0.25) is 0 Å². The van der Waals surface area contributed by atoms with E-state index >= 15 is 0 Å². The Bertz CT molecular complexity index is 1160. The summed E-state index contributed by atoms with van der Waals surface area (Å²) in [6, 6.07) is 15.0. The zero-order valence-corrected chi connectivity index (χ0v) is 17.9. The Morgan fingerprint density at radius 3 is 2.72 bits per heavy atom. The highest BCUT2D eigenvalue weighted by molar-refractivity contribution is 9.10. The summed E-state index contributed by atoms with van der Waals surface area (Å²) in [7, 11) is 0. The SMILES string of the molecule is O=C1S/C(=C\c2ccc(-c3cccc(Br)c3)o2)C(=O)N1Cc1ccc(F)cc1Cl. The van der Waals surface area contributed by atoms with E-state index in [0.717, 1.165) is 32.8 Å². The van der Waals surface area contributed by atoms with Gasteiger partial charge in [0.15, 0.2) is 0 Å². The molecule has 4 rings (SSSR count). The number of rotatable bonds is 4. The Morgan fingerprint density at radius 1 is 1.14 bits per heavy atom. The number of furan rings is 1. The molecule has 2 amide bonds. The minimum Gasteiger partial charge on any atom is -0.457 e. The molecular formula is C21H12BrClFNO3S. The summed E-state index contributed by atoms with van der Waals surface area (Å²) >= 11 is 10.3. The maximum Gasteiger partial charge on any atom is 0.293 e. The van der Waals surface area contributed by atoms with E-state index in [1.807, 2.05) is 24.3 Å². The van der Waals surface area contributed by atoms with Gasteiger partial charge in [-0.15, -0.1) is 0 Å². The molecule has 0 radical (unpaired) electrons. The minimum absolute atomic E-state index is 0.0252. The Hall–Kier alpha value is -2.35. The summed E-state index contributed by atoms with van der Waals surface area (Å²) in [5.41, 5.74) is 1.38. The third-order valence-corrected chi connectivity index (χ3v) is 5.98. The first kappa shape index (κ1) is 19.9. The lowest BCUT2D eigenvalue weighted by atomic mass is 10.2. The fourth-order valence-corrected chi connectivity index (χ4v) is 4.26. The smallest absolute Gasteiger partial charge is 0.293 e. The van der Waals surface area contributed by atoms with E-state index in [4.69, 9.17) is 16.0 Å². The molecule has 4 nitrogen and oxygen atoms in total. The van der Waals surface area contributed by atoms with E-state index in [0.29, 0.717) is 17.1 Å². The monoisotopic (exact) mass is 491 g/mol. The van der Waals surface area contributed by atoms with E-state index in [-0.39, 0.29) is 16.5 Å². The molecule has 1 aromatic heterocycles. The van der Waals surface area contributed by atoms with Crippen LogP contribution in [0.15, 0.2) is 68.4 Å². The topological polar surface area (TPSA) is 50.5 Å². The van der Waals surface area contributed by atoms with Gasteiger partial charge in [-0.2, -0.15) is 0 Å². The number of imide groups is 1. The molecule has 0 bridgehead atoms. The van der Waals surface area contributed by atoms with Crippen molar-refractivity contribution in [2.24, 2.45) is 0 Å². The highest BCUT2D eigenvalue weighted by Crippen LogP contribution is 2.35. The maximum absolute atomic E-state index is 13.2. The number of hydrogen-bond donors (Lipinski definition) is 0. The Labute approximate surface area is 183 Å².